The molecule has 2 fully saturated rings. The van der Waals surface area contributed by atoms with Gasteiger partial charge in [-0.15, -0.1) is 0 Å². The van der Waals surface area contributed by atoms with E-state index in [2.05, 4.69) is 20.8 Å². The van der Waals surface area contributed by atoms with E-state index in [4.69, 9.17) is 4.89 Å². The molecule has 0 radical (unpaired) electrons. The van der Waals surface area contributed by atoms with Crippen LogP contribution in [-0.2, 0) is 19.4 Å². The molecule has 0 aromatic carbocycles. The number of thioether (sulfide) groups is 1. The van der Waals surface area contributed by atoms with Crippen molar-refractivity contribution in [2.75, 3.05) is 32.6 Å². The van der Waals surface area contributed by atoms with Gasteiger partial charge in [0.2, 0.25) is 0 Å². The molecule has 0 bridgehead atoms. The van der Waals surface area contributed by atoms with Gasteiger partial charge in [-0.05, 0) is 64.5 Å². The minimum Gasteiger partial charge on any atom is -0.332 e. The molecule has 2 heterocycles. The lowest BCUT2D eigenvalue weighted by molar-refractivity contribution is -0.272. The molecule has 3 N–H and O–H groups in total. The minimum absolute atomic E-state index is 0.00405. The fraction of sp³-hybridized carbons (Fsp3) is 0.893. The molecule has 2 aliphatic heterocycles. The third-order valence-corrected chi connectivity index (χ3v) is 8.81. The van der Waals surface area contributed by atoms with Crippen molar-refractivity contribution in [1.29, 1.82) is 0 Å². The zero-order valence-corrected chi connectivity index (χ0v) is 23.8. The van der Waals surface area contributed by atoms with Crippen LogP contribution in [0.15, 0.2) is 0 Å². The van der Waals surface area contributed by atoms with Gasteiger partial charge >= 0.3 is 6.03 Å². The molecule has 0 aromatic rings. The van der Waals surface area contributed by atoms with Crippen LogP contribution >= 0.6 is 11.8 Å². The average Bonchev–Trinajstić information content (AvgIpc) is 3.43. The number of amides is 2. The van der Waals surface area contributed by atoms with E-state index in [0.29, 0.717) is 61.2 Å². The number of unbranched alkanes of at least 4 members (excludes halogenated alkanes) is 8. The van der Waals surface area contributed by atoms with Gasteiger partial charge in [0, 0.05) is 36.7 Å². The molecule has 214 valence electrons. The molecule has 0 aliphatic carbocycles. The summed E-state index contributed by atoms with van der Waals surface area (Å²) in [7, 11) is 1.52. The van der Waals surface area contributed by atoms with Crippen molar-refractivity contribution in [1.82, 2.24) is 16.0 Å². The Hall–Kier alpha value is -1.16. The number of urea groups is 1. The maximum atomic E-state index is 12.1. The summed E-state index contributed by atoms with van der Waals surface area (Å²) in [5, 5.41) is 10.1. The fourth-order valence-electron chi connectivity index (χ4n) is 5.10. The summed E-state index contributed by atoms with van der Waals surface area (Å²) >= 11 is 1.99. The van der Waals surface area contributed by atoms with Crippen molar-refractivity contribution in [3.05, 3.63) is 0 Å². The van der Waals surface area contributed by atoms with Crippen LogP contribution in [0.3, 0.4) is 0 Å². The molecule has 0 spiro atoms. The number of carbonyl (C=O) groups is 3. The Morgan fingerprint density at radius 2 is 1.38 bits per heavy atom. The van der Waals surface area contributed by atoms with Crippen LogP contribution in [0, 0.1) is 0 Å². The highest BCUT2D eigenvalue weighted by molar-refractivity contribution is 8.00. The zero-order valence-electron chi connectivity index (χ0n) is 23.0. The van der Waals surface area contributed by atoms with Crippen LogP contribution in [0.5, 0.6) is 0 Å². The quantitative estimate of drug-likeness (QED) is 0.0640. The molecule has 37 heavy (non-hydrogen) atoms. The lowest BCUT2D eigenvalue weighted by Gasteiger charge is -2.16. The van der Waals surface area contributed by atoms with Crippen molar-refractivity contribution in [2.24, 2.45) is 0 Å². The summed E-state index contributed by atoms with van der Waals surface area (Å²) < 4.78 is 0. The van der Waals surface area contributed by atoms with Crippen LogP contribution in [0.25, 0.3) is 0 Å². The number of ketones is 2. The second-order valence-electron chi connectivity index (χ2n) is 10.5. The summed E-state index contributed by atoms with van der Waals surface area (Å²) in [6.45, 7) is 2.68. The van der Waals surface area contributed by atoms with Gasteiger partial charge in [-0.25, -0.2) is 14.6 Å². The Balaban J connectivity index is 1.27. The topological polar surface area (TPSA) is 106 Å². The highest BCUT2D eigenvalue weighted by Gasteiger charge is 2.42. The van der Waals surface area contributed by atoms with Gasteiger partial charge in [0.25, 0.3) is 0 Å². The van der Waals surface area contributed by atoms with Crippen LogP contribution in [0.1, 0.15) is 109 Å². The van der Waals surface area contributed by atoms with Crippen LogP contribution in [0.4, 0.5) is 4.79 Å². The summed E-state index contributed by atoms with van der Waals surface area (Å²) in [5.74, 6) is 1.76. The van der Waals surface area contributed by atoms with Gasteiger partial charge in [0.05, 0.1) is 25.8 Å². The van der Waals surface area contributed by atoms with E-state index in [9.17, 15) is 14.4 Å². The van der Waals surface area contributed by atoms with Crippen molar-refractivity contribution >= 4 is 29.4 Å². The summed E-state index contributed by atoms with van der Waals surface area (Å²) in [6, 6.07) is 0.633. The molecule has 0 aromatic heterocycles. The Kier molecular flexibility index (Phi) is 18.0. The number of nitrogens with one attached hydrogen (secondary N) is 3. The average molecular weight is 542 g/mol. The van der Waals surface area contributed by atoms with Gasteiger partial charge in [-0.3, -0.25) is 9.59 Å². The van der Waals surface area contributed by atoms with Crippen molar-refractivity contribution in [3.8, 4) is 0 Å². The number of Topliss-reactive ketones (excluding diaryl/α,β-unsaturated/α-hetero) is 2. The molecule has 2 amide bonds. The lowest BCUT2D eigenvalue weighted by Crippen LogP contribution is -2.36. The van der Waals surface area contributed by atoms with Crippen LogP contribution in [0.2, 0.25) is 0 Å². The number of hydrogen-bond acceptors (Lipinski definition) is 7. The van der Waals surface area contributed by atoms with Crippen molar-refractivity contribution in [3.63, 3.8) is 0 Å². The van der Waals surface area contributed by atoms with E-state index in [1.807, 2.05) is 11.8 Å². The van der Waals surface area contributed by atoms with Gasteiger partial charge in [0.1, 0.15) is 11.6 Å². The first-order valence-corrected chi connectivity index (χ1v) is 15.7. The van der Waals surface area contributed by atoms with Crippen molar-refractivity contribution in [2.45, 2.75) is 126 Å². The Labute approximate surface area is 228 Å². The fourth-order valence-corrected chi connectivity index (χ4v) is 6.65. The maximum Gasteiger partial charge on any atom is 0.315 e. The second-order valence-corrected chi connectivity index (χ2v) is 11.7. The number of carbonyl (C=O) groups excluding carboxylic acids is 3. The molecule has 8 nitrogen and oxygen atoms in total. The van der Waals surface area contributed by atoms with Crippen LogP contribution in [-0.4, -0.2) is 67.5 Å². The molecule has 0 saturated carbocycles. The zero-order chi connectivity index (χ0) is 26.6. The maximum absolute atomic E-state index is 12.1. The van der Waals surface area contributed by atoms with Gasteiger partial charge in [0.15, 0.2) is 0 Å². The third-order valence-electron chi connectivity index (χ3n) is 7.30. The molecule has 3 unspecified atom stereocenters. The first kappa shape index (κ1) is 32.1. The Morgan fingerprint density at radius 3 is 2.03 bits per heavy atom. The highest BCUT2D eigenvalue weighted by Crippen LogP contribution is 2.32. The van der Waals surface area contributed by atoms with Gasteiger partial charge in [-0.1, -0.05) is 32.1 Å². The van der Waals surface area contributed by atoms with E-state index in [0.717, 1.165) is 83.1 Å². The van der Waals surface area contributed by atoms with E-state index in [1.54, 1.807) is 0 Å². The summed E-state index contributed by atoms with van der Waals surface area (Å²) in [4.78, 5) is 44.8. The van der Waals surface area contributed by atoms with Gasteiger partial charge in [-0.2, -0.15) is 11.8 Å². The Bertz CT molecular complexity index is 651. The molecule has 2 aliphatic rings. The van der Waals surface area contributed by atoms with E-state index in [1.165, 1.54) is 26.4 Å². The number of rotatable bonds is 25. The molecule has 2 rings (SSSR count). The normalized spacial score (nSPS) is 20.6. The minimum atomic E-state index is -0.00405. The Morgan fingerprint density at radius 1 is 0.811 bits per heavy atom. The van der Waals surface area contributed by atoms with Crippen LogP contribution < -0.4 is 16.0 Å². The monoisotopic (exact) mass is 541 g/mol. The third kappa shape index (κ3) is 15.1. The van der Waals surface area contributed by atoms with E-state index >= 15 is 0 Å². The van der Waals surface area contributed by atoms with Gasteiger partial charge < -0.3 is 16.0 Å². The molecule has 2 saturated heterocycles. The number of hydrogen-bond donors (Lipinski definition) is 3. The molecular weight excluding hydrogens is 490 g/mol. The lowest BCUT2D eigenvalue weighted by atomic mass is 10.0. The van der Waals surface area contributed by atoms with Crippen molar-refractivity contribution < 1.29 is 24.2 Å². The predicted molar refractivity (Wildman–Crippen MR) is 150 cm³/mol. The standard InChI is InChI=1S/C28H51N3O5S/c1-35-36-21-13-3-2-6-14-23(32)15-7-4-8-16-24(33)17-9-5-11-19-29-20-12-10-18-26-27-25(22-37-26)30-28(34)31-27/h25-27,29H,2-22H2,1H3,(H2,30,31,34). The molecular formula is C28H51N3O5S. The predicted octanol–water partition coefficient (Wildman–Crippen LogP) is 5.09. The summed E-state index contributed by atoms with van der Waals surface area (Å²) in [6.07, 6.45) is 16.3. The molecule has 9 heteroatoms. The largest absolute Gasteiger partial charge is 0.332 e. The summed E-state index contributed by atoms with van der Waals surface area (Å²) in [5.41, 5.74) is 0. The smallest absolute Gasteiger partial charge is 0.315 e. The van der Waals surface area contributed by atoms with E-state index in [-0.39, 0.29) is 6.03 Å². The number of fused-ring (bicyclic) bond motifs is 1. The highest BCUT2D eigenvalue weighted by atomic mass is 32.2. The SMILES string of the molecule is COOCCCCCCC(=O)CCCCCC(=O)CCCCCNCCCCC1SCC2NC(=O)NC21. The first-order valence-electron chi connectivity index (χ1n) is 14.7. The first-order chi connectivity index (χ1) is 18.1. The second kappa shape index (κ2) is 20.8. The molecule has 3 atom stereocenters. The van der Waals surface area contributed by atoms with E-state index < -0.39 is 0 Å².